The van der Waals surface area contributed by atoms with Crippen molar-refractivity contribution >= 4 is 45.6 Å². The minimum Gasteiger partial charge on any atom is -0.384 e. The van der Waals surface area contributed by atoms with Gasteiger partial charge in [-0.1, -0.05) is 11.6 Å². The fourth-order valence-electron chi connectivity index (χ4n) is 3.34. The van der Waals surface area contributed by atoms with E-state index in [1.54, 1.807) is 30.0 Å². The summed E-state index contributed by atoms with van der Waals surface area (Å²) in [4.78, 5) is 20.5. The van der Waals surface area contributed by atoms with Crippen LogP contribution in [0, 0.1) is 11.7 Å². The Morgan fingerprint density at radius 1 is 1.38 bits per heavy atom. The molecule has 4 aromatic rings. The lowest BCUT2D eigenvalue weighted by Crippen LogP contribution is -2.15. The number of fused-ring (bicyclic) bond motifs is 2. The predicted molar refractivity (Wildman–Crippen MR) is 104 cm³/mol. The first-order valence-corrected chi connectivity index (χ1v) is 9.17. The van der Waals surface area contributed by atoms with Gasteiger partial charge in [-0.15, -0.1) is 0 Å². The largest absolute Gasteiger partial charge is 0.384 e. The number of benzene rings is 1. The summed E-state index contributed by atoms with van der Waals surface area (Å²) in [7, 11) is 1.59. The number of carbonyl (C=O) groups is 1. The quantitative estimate of drug-likeness (QED) is 0.472. The van der Waals surface area contributed by atoms with Gasteiger partial charge in [-0.25, -0.2) is 13.8 Å². The molecule has 0 saturated heterocycles. The molecule has 11 heteroatoms. The van der Waals surface area contributed by atoms with E-state index in [-0.39, 0.29) is 22.9 Å². The molecule has 148 valence electrons. The van der Waals surface area contributed by atoms with Crippen LogP contribution in [-0.2, 0) is 4.79 Å². The molecule has 1 aliphatic carbocycles. The molecule has 1 aliphatic rings. The van der Waals surface area contributed by atoms with Crippen molar-refractivity contribution in [3.63, 3.8) is 0 Å². The zero-order valence-electron chi connectivity index (χ0n) is 15.0. The normalized spacial score (nSPS) is 18.3. The highest BCUT2D eigenvalue weighted by Crippen LogP contribution is 2.40. The minimum atomic E-state index is -1.09. The molecule has 0 unspecified atom stereocenters. The molecule has 0 spiro atoms. The number of rotatable bonds is 4. The molecule has 1 fully saturated rings. The third-order valence-electron chi connectivity index (χ3n) is 4.94. The second-order valence-corrected chi connectivity index (χ2v) is 7.18. The van der Waals surface area contributed by atoms with Gasteiger partial charge in [0.1, 0.15) is 6.17 Å². The molecule has 3 aromatic heterocycles. The maximum Gasteiger partial charge on any atom is 0.231 e. The van der Waals surface area contributed by atoms with Crippen molar-refractivity contribution in [3.8, 4) is 11.3 Å². The van der Waals surface area contributed by atoms with Crippen LogP contribution in [0.4, 0.5) is 20.3 Å². The lowest BCUT2D eigenvalue weighted by molar-refractivity contribution is -0.117. The molecule has 3 heterocycles. The van der Waals surface area contributed by atoms with Gasteiger partial charge in [-0.3, -0.25) is 14.9 Å². The van der Waals surface area contributed by atoms with Gasteiger partial charge in [0, 0.05) is 24.2 Å². The van der Waals surface area contributed by atoms with Gasteiger partial charge in [0.2, 0.25) is 5.91 Å². The summed E-state index contributed by atoms with van der Waals surface area (Å²) < 4.78 is 29.4. The molecule has 0 bridgehead atoms. The van der Waals surface area contributed by atoms with Gasteiger partial charge >= 0.3 is 0 Å². The molecule has 2 atom stereocenters. The molecular weight excluding hydrogens is 404 g/mol. The van der Waals surface area contributed by atoms with Crippen molar-refractivity contribution < 1.29 is 13.6 Å². The summed E-state index contributed by atoms with van der Waals surface area (Å²) in [6.07, 6.45) is 5.37. The van der Waals surface area contributed by atoms with E-state index >= 15 is 0 Å². The van der Waals surface area contributed by atoms with Crippen LogP contribution in [0.1, 0.15) is 6.42 Å². The first-order chi connectivity index (χ1) is 14.0. The van der Waals surface area contributed by atoms with Crippen molar-refractivity contribution in [2.75, 3.05) is 17.7 Å². The van der Waals surface area contributed by atoms with Gasteiger partial charge in [0.25, 0.3) is 0 Å². The molecule has 3 N–H and O–H groups in total. The number of alkyl halides is 1. The molecular formula is C18H14ClF2N7O. The Balaban J connectivity index is 1.58. The highest BCUT2D eigenvalue weighted by Gasteiger charge is 2.43. The van der Waals surface area contributed by atoms with Crippen LogP contribution in [0.2, 0.25) is 5.02 Å². The van der Waals surface area contributed by atoms with Crippen molar-refractivity contribution in [1.29, 1.82) is 0 Å². The number of halogens is 3. The SMILES string of the molecule is CNc1c(F)c(Cl)c(-c2cn3cc(NC(=O)[C@@H]4C[C@@H]4F)nc3cn2)c2cn[nH]c12. The highest BCUT2D eigenvalue weighted by molar-refractivity contribution is 6.35. The predicted octanol–water partition coefficient (Wildman–Crippen LogP) is 3.40. The summed E-state index contributed by atoms with van der Waals surface area (Å²) in [5, 5.41) is 12.6. The van der Waals surface area contributed by atoms with Crippen molar-refractivity contribution in [3.05, 3.63) is 35.6 Å². The average Bonchev–Trinajstić information content (AvgIpc) is 3.08. The summed E-state index contributed by atoms with van der Waals surface area (Å²) in [5.41, 5.74) is 1.92. The van der Waals surface area contributed by atoms with Crippen molar-refractivity contribution in [2.24, 2.45) is 5.92 Å². The Labute approximate surface area is 167 Å². The second-order valence-electron chi connectivity index (χ2n) is 6.80. The van der Waals surface area contributed by atoms with Crippen molar-refractivity contribution in [2.45, 2.75) is 12.6 Å². The van der Waals surface area contributed by atoms with E-state index in [1.165, 1.54) is 6.20 Å². The Morgan fingerprint density at radius 2 is 2.17 bits per heavy atom. The van der Waals surface area contributed by atoms with Crippen LogP contribution in [0.3, 0.4) is 0 Å². The number of nitrogens with one attached hydrogen (secondary N) is 3. The molecule has 1 saturated carbocycles. The van der Waals surface area contributed by atoms with Gasteiger partial charge < -0.3 is 15.0 Å². The third-order valence-corrected chi connectivity index (χ3v) is 5.29. The molecule has 0 radical (unpaired) electrons. The van der Waals surface area contributed by atoms with E-state index in [2.05, 4.69) is 30.8 Å². The number of hydrogen-bond donors (Lipinski definition) is 3. The first-order valence-electron chi connectivity index (χ1n) is 8.79. The Bertz CT molecular complexity index is 1280. The summed E-state index contributed by atoms with van der Waals surface area (Å²) >= 11 is 6.31. The zero-order chi connectivity index (χ0) is 20.3. The molecule has 5 rings (SSSR count). The number of imidazole rings is 1. The van der Waals surface area contributed by atoms with Crippen LogP contribution in [0.15, 0.2) is 24.8 Å². The maximum absolute atomic E-state index is 14.8. The minimum absolute atomic E-state index is 0.0912. The lowest BCUT2D eigenvalue weighted by atomic mass is 10.1. The van der Waals surface area contributed by atoms with E-state index in [4.69, 9.17) is 11.6 Å². The average molecular weight is 418 g/mol. The van der Waals surface area contributed by atoms with E-state index in [0.29, 0.717) is 27.8 Å². The Hall–Kier alpha value is -3.27. The van der Waals surface area contributed by atoms with Crippen LogP contribution < -0.4 is 10.6 Å². The number of carbonyl (C=O) groups excluding carboxylic acids is 1. The molecule has 0 aliphatic heterocycles. The molecule has 8 nitrogen and oxygen atoms in total. The van der Waals surface area contributed by atoms with Gasteiger partial charge in [-0.05, 0) is 6.42 Å². The molecule has 29 heavy (non-hydrogen) atoms. The summed E-state index contributed by atoms with van der Waals surface area (Å²) in [6.45, 7) is 0. The highest BCUT2D eigenvalue weighted by atomic mass is 35.5. The van der Waals surface area contributed by atoms with E-state index in [0.717, 1.165) is 0 Å². The molecule has 1 amide bonds. The number of aromatic nitrogens is 5. The van der Waals surface area contributed by atoms with E-state index in [1.807, 2.05) is 0 Å². The van der Waals surface area contributed by atoms with E-state index in [9.17, 15) is 13.6 Å². The standard InChI is InChI=1S/C18H14ClF2N7O/c1-22-17-15(21)14(19)13(8-3-24-27-16(8)17)10-5-28-6-11(25-12(28)4-23-10)26-18(29)7-2-9(7)20/h3-7,9,22H,2H2,1H3,(H,24,27)(H,26,29)/t7-,9+/m1/s1. The molecule has 1 aromatic carbocycles. The first kappa shape index (κ1) is 17.8. The van der Waals surface area contributed by atoms with Crippen molar-refractivity contribution in [1.82, 2.24) is 24.6 Å². The maximum atomic E-state index is 14.8. The fourth-order valence-corrected chi connectivity index (χ4v) is 3.63. The smallest absolute Gasteiger partial charge is 0.231 e. The fraction of sp³-hybridized carbons (Fsp3) is 0.222. The topological polar surface area (TPSA) is 100 Å². The van der Waals surface area contributed by atoms with Gasteiger partial charge in [-0.2, -0.15) is 5.10 Å². The van der Waals surface area contributed by atoms with Crippen LogP contribution in [0.5, 0.6) is 0 Å². The number of hydrogen-bond acceptors (Lipinski definition) is 5. The second kappa shape index (κ2) is 6.38. The number of nitrogens with zero attached hydrogens (tertiary/aromatic N) is 4. The Morgan fingerprint density at radius 3 is 2.90 bits per heavy atom. The Kier molecular flexibility index (Phi) is 3.91. The zero-order valence-corrected chi connectivity index (χ0v) is 15.8. The monoisotopic (exact) mass is 417 g/mol. The lowest BCUT2D eigenvalue weighted by Gasteiger charge is -2.11. The van der Waals surface area contributed by atoms with Crippen LogP contribution >= 0.6 is 11.6 Å². The summed E-state index contributed by atoms with van der Waals surface area (Å²) in [6, 6.07) is 0. The third kappa shape index (κ3) is 2.79. The number of amides is 1. The summed E-state index contributed by atoms with van der Waals surface area (Å²) in [5.74, 6) is -1.35. The number of anilines is 2. The van der Waals surface area contributed by atoms with E-state index < -0.39 is 23.8 Å². The number of aromatic amines is 1. The van der Waals surface area contributed by atoms with Gasteiger partial charge in [0.15, 0.2) is 17.3 Å². The number of H-pyrrole nitrogens is 1. The van der Waals surface area contributed by atoms with Gasteiger partial charge in [0.05, 0.1) is 46.4 Å². The van der Waals surface area contributed by atoms with Crippen LogP contribution in [-0.4, -0.2) is 43.7 Å². The van der Waals surface area contributed by atoms with Crippen LogP contribution in [0.25, 0.3) is 27.8 Å².